The van der Waals surface area contributed by atoms with Gasteiger partial charge in [0, 0.05) is 5.41 Å². The fourth-order valence-electron chi connectivity index (χ4n) is 2.23. The van der Waals surface area contributed by atoms with Crippen molar-refractivity contribution < 1.29 is 8.42 Å². The third kappa shape index (κ3) is 3.43. The van der Waals surface area contributed by atoms with Crippen LogP contribution in [0.2, 0.25) is 0 Å². The Morgan fingerprint density at radius 3 is 2.29 bits per heavy atom. The molecule has 0 atom stereocenters. The summed E-state index contributed by atoms with van der Waals surface area (Å²) in [7, 11) is -3.24. The van der Waals surface area contributed by atoms with Gasteiger partial charge in [-0.05, 0) is 30.9 Å². The second-order valence-corrected chi connectivity index (χ2v) is 6.42. The van der Waals surface area contributed by atoms with E-state index in [2.05, 4.69) is 0 Å². The van der Waals surface area contributed by atoms with Crippen molar-refractivity contribution in [1.82, 2.24) is 0 Å². The fraction of sp³-hybridized carbons (Fsp3) is 0.429. The van der Waals surface area contributed by atoms with E-state index in [-0.39, 0.29) is 0 Å². The SMILES string of the molecule is O=S(=O)(C=CC1CCCCC1)c1ccccc1. The monoisotopic (exact) mass is 250 g/mol. The number of allylic oxidation sites excluding steroid dienone is 1. The summed E-state index contributed by atoms with van der Waals surface area (Å²) in [6.45, 7) is 0. The van der Waals surface area contributed by atoms with E-state index >= 15 is 0 Å². The van der Waals surface area contributed by atoms with Crippen LogP contribution in [0.1, 0.15) is 32.1 Å². The highest BCUT2D eigenvalue weighted by atomic mass is 32.2. The molecule has 1 saturated carbocycles. The lowest BCUT2D eigenvalue weighted by Crippen LogP contribution is -2.04. The van der Waals surface area contributed by atoms with Crippen molar-refractivity contribution in [3.63, 3.8) is 0 Å². The van der Waals surface area contributed by atoms with Gasteiger partial charge in [0.2, 0.25) is 0 Å². The molecule has 1 fully saturated rings. The summed E-state index contributed by atoms with van der Waals surface area (Å²) < 4.78 is 24.0. The molecule has 1 aromatic rings. The van der Waals surface area contributed by atoms with Crippen LogP contribution >= 0.6 is 0 Å². The molecule has 0 unspecified atom stereocenters. The summed E-state index contributed by atoms with van der Waals surface area (Å²) in [6, 6.07) is 8.60. The average Bonchev–Trinajstić information content (AvgIpc) is 2.39. The zero-order valence-corrected chi connectivity index (χ0v) is 10.7. The highest BCUT2D eigenvalue weighted by Crippen LogP contribution is 2.25. The molecule has 0 aromatic heterocycles. The summed E-state index contributed by atoms with van der Waals surface area (Å²) in [6.07, 6.45) is 7.86. The molecular formula is C14H18O2S. The van der Waals surface area contributed by atoms with Crippen LogP contribution < -0.4 is 0 Å². The van der Waals surface area contributed by atoms with Crippen LogP contribution in [0.4, 0.5) is 0 Å². The Labute approximate surface area is 103 Å². The maximum atomic E-state index is 12.0. The van der Waals surface area contributed by atoms with Gasteiger partial charge in [-0.1, -0.05) is 43.5 Å². The van der Waals surface area contributed by atoms with Crippen LogP contribution in [0.3, 0.4) is 0 Å². The van der Waals surface area contributed by atoms with Crippen molar-refractivity contribution in [2.45, 2.75) is 37.0 Å². The van der Waals surface area contributed by atoms with E-state index in [9.17, 15) is 8.42 Å². The normalized spacial score (nSPS) is 18.6. The second-order valence-electron chi connectivity index (χ2n) is 4.58. The first-order valence-corrected chi connectivity index (χ1v) is 7.71. The molecule has 0 saturated heterocycles. The summed E-state index contributed by atoms with van der Waals surface area (Å²) in [5.41, 5.74) is 0. The molecular weight excluding hydrogens is 232 g/mol. The van der Waals surface area contributed by atoms with E-state index in [4.69, 9.17) is 0 Å². The molecule has 0 spiro atoms. The van der Waals surface area contributed by atoms with Gasteiger partial charge in [-0.25, -0.2) is 8.42 Å². The Balaban J connectivity index is 2.09. The molecule has 0 bridgehead atoms. The number of hydrogen-bond acceptors (Lipinski definition) is 2. The fourth-order valence-corrected chi connectivity index (χ4v) is 3.35. The quantitative estimate of drug-likeness (QED) is 0.822. The van der Waals surface area contributed by atoms with Gasteiger partial charge >= 0.3 is 0 Å². The minimum Gasteiger partial charge on any atom is -0.219 e. The zero-order chi connectivity index (χ0) is 12.1. The van der Waals surface area contributed by atoms with E-state index in [0.717, 1.165) is 12.8 Å². The average molecular weight is 250 g/mol. The van der Waals surface area contributed by atoms with Crippen LogP contribution in [0.25, 0.3) is 0 Å². The lowest BCUT2D eigenvalue weighted by Gasteiger charge is -2.17. The largest absolute Gasteiger partial charge is 0.219 e. The Hall–Kier alpha value is -1.09. The molecule has 0 amide bonds. The minimum absolute atomic E-state index is 0.382. The van der Waals surface area contributed by atoms with Gasteiger partial charge in [-0.2, -0.15) is 0 Å². The van der Waals surface area contributed by atoms with Gasteiger partial charge in [0.05, 0.1) is 4.90 Å². The number of hydrogen-bond donors (Lipinski definition) is 0. The Morgan fingerprint density at radius 2 is 1.65 bits per heavy atom. The van der Waals surface area contributed by atoms with Crippen molar-refractivity contribution in [2.75, 3.05) is 0 Å². The first-order valence-electron chi connectivity index (χ1n) is 6.17. The lowest BCUT2D eigenvalue weighted by molar-refractivity contribution is 0.419. The van der Waals surface area contributed by atoms with E-state index in [1.165, 1.54) is 24.7 Å². The van der Waals surface area contributed by atoms with E-state index in [0.29, 0.717) is 10.8 Å². The summed E-state index contributed by atoms with van der Waals surface area (Å²) in [5, 5.41) is 1.39. The standard InChI is InChI=1S/C14H18O2S/c15-17(16,14-9-5-2-6-10-14)12-11-13-7-3-1-4-8-13/h2,5-6,9-13H,1,3-4,7-8H2. The second kappa shape index (κ2) is 5.50. The van der Waals surface area contributed by atoms with Gasteiger partial charge < -0.3 is 0 Å². The van der Waals surface area contributed by atoms with Gasteiger partial charge in [0.25, 0.3) is 0 Å². The van der Waals surface area contributed by atoms with Crippen LogP contribution in [0.5, 0.6) is 0 Å². The third-order valence-electron chi connectivity index (χ3n) is 3.25. The third-order valence-corrected chi connectivity index (χ3v) is 4.70. The van der Waals surface area contributed by atoms with Gasteiger partial charge in [-0.3, -0.25) is 0 Å². The Bertz CT molecular complexity index is 468. The minimum atomic E-state index is -3.24. The topological polar surface area (TPSA) is 34.1 Å². The molecule has 2 nitrogen and oxygen atoms in total. The van der Waals surface area contributed by atoms with Crippen LogP contribution in [-0.2, 0) is 9.84 Å². The first-order chi connectivity index (χ1) is 8.18. The summed E-state index contributed by atoms with van der Waals surface area (Å²) >= 11 is 0. The van der Waals surface area contributed by atoms with Crippen molar-refractivity contribution in [3.05, 3.63) is 41.8 Å². The van der Waals surface area contributed by atoms with Gasteiger partial charge in [0.15, 0.2) is 9.84 Å². The number of benzene rings is 1. The van der Waals surface area contributed by atoms with E-state index < -0.39 is 9.84 Å². The molecule has 0 heterocycles. The van der Waals surface area contributed by atoms with Crippen LogP contribution in [0, 0.1) is 5.92 Å². The maximum absolute atomic E-state index is 12.0. The molecule has 1 aliphatic rings. The predicted molar refractivity (Wildman–Crippen MR) is 69.3 cm³/mol. The molecule has 0 radical (unpaired) electrons. The maximum Gasteiger partial charge on any atom is 0.199 e. The van der Waals surface area contributed by atoms with Crippen LogP contribution in [-0.4, -0.2) is 8.42 Å². The molecule has 17 heavy (non-hydrogen) atoms. The summed E-state index contributed by atoms with van der Waals surface area (Å²) in [4.78, 5) is 0.382. The molecule has 0 N–H and O–H groups in total. The Morgan fingerprint density at radius 1 is 1.00 bits per heavy atom. The van der Waals surface area contributed by atoms with E-state index in [1.807, 2.05) is 12.1 Å². The van der Waals surface area contributed by atoms with Gasteiger partial charge in [0.1, 0.15) is 0 Å². The highest BCUT2D eigenvalue weighted by molar-refractivity contribution is 7.94. The molecule has 1 aromatic carbocycles. The Kier molecular flexibility index (Phi) is 4.00. The van der Waals surface area contributed by atoms with Crippen molar-refractivity contribution in [3.8, 4) is 0 Å². The van der Waals surface area contributed by atoms with Gasteiger partial charge in [-0.15, -0.1) is 0 Å². The highest BCUT2D eigenvalue weighted by Gasteiger charge is 2.13. The van der Waals surface area contributed by atoms with Crippen molar-refractivity contribution in [2.24, 2.45) is 5.92 Å². The first kappa shape index (κ1) is 12.4. The number of rotatable bonds is 3. The van der Waals surface area contributed by atoms with E-state index in [1.54, 1.807) is 24.3 Å². The lowest BCUT2D eigenvalue weighted by atomic mass is 9.90. The van der Waals surface area contributed by atoms with Crippen molar-refractivity contribution in [1.29, 1.82) is 0 Å². The molecule has 1 aliphatic carbocycles. The molecule has 0 aliphatic heterocycles. The van der Waals surface area contributed by atoms with Crippen LogP contribution in [0.15, 0.2) is 46.7 Å². The molecule has 2 rings (SSSR count). The molecule has 3 heteroatoms. The predicted octanol–water partition coefficient (Wildman–Crippen LogP) is 3.55. The van der Waals surface area contributed by atoms with Crippen molar-refractivity contribution >= 4 is 9.84 Å². The smallest absolute Gasteiger partial charge is 0.199 e. The zero-order valence-electron chi connectivity index (χ0n) is 9.88. The summed E-state index contributed by atoms with van der Waals surface area (Å²) in [5.74, 6) is 0.447. The molecule has 92 valence electrons. The number of sulfone groups is 1.